The van der Waals surface area contributed by atoms with E-state index in [0.717, 1.165) is 37.2 Å². The number of amides is 2. The highest BCUT2D eigenvalue weighted by Gasteiger charge is 2.28. The van der Waals surface area contributed by atoms with Crippen LogP contribution in [-0.2, 0) is 17.8 Å². The molecular weight excluding hydrogens is 512 g/mol. The number of nitrogens with one attached hydrogen (secondary N) is 2. The number of nitrogens with zero attached hydrogens (tertiary/aromatic N) is 4. The Hall–Kier alpha value is -3.91. The van der Waals surface area contributed by atoms with Crippen molar-refractivity contribution in [2.45, 2.75) is 45.7 Å². The standard InChI is InChI=1S/C33H42N6O2/c1-5-9-25(34-4)21-35-33(41)27-20-30(37-16-18-38(19-17-37)31(40)6-2)26-14-15-39(22-28(26)36-27)29-13-8-12-24-11-7-10-23(3)32(24)29/h6-8,10-13,20,25,34H,2,5,9,14-19,21-22H2,1,3-4H3,(H,35,41). The first-order chi connectivity index (χ1) is 19.9. The zero-order valence-electron chi connectivity index (χ0n) is 24.6. The number of hydrogen-bond donors (Lipinski definition) is 2. The van der Waals surface area contributed by atoms with Gasteiger partial charge >= 0.3 is 0 Å². The average molecular weight is 555 g/mol. The van der Waals surface area contributed by atoms with Crippen molar-refractivity contribution in [1.29, 1.82) is 0 Å². The molecule has 8 heteroatoms. The number of benzene rings is 2. The fraction of sp³-hybridized carbons (Fsp3) is 0.424. The van der Waals surface area contributed by atoms with Crippen LogP contribution in [0.5, 0.6) is 0 Å². The van der Waals surface area contributed by atoms with E-state index in [1.165, 1.54) is 33.7 Å². The summed E-state index contributed by atoms with van der Waals surface area (Å²) in [5.74, 6) is -0.183. The van der Waals surface area contributed by atoms with E-state index in [2.05, 4.69) is 77.3 Å². The number of pyridine rings is 1. The summed E-state index contributed by atoms with van der Waals surface area (Å²) in [5.41, 5.74) is 6.13. The highest BCUT2D eigenvalue weighted by atomic mass is 16.2. The largest absolute Gasteiger partial charge is 0.368 e. The van der Waals surface area contributed by atoms with E-state index >= 15 is 0 Å². The highest BCUT2D eigenvalue weighted by Crippen LogP contribution is 2.35. The summed E-state index contributed by atoms with van der Waals surface area (Å²) in [6.07, 6.45) is 4.26. The van der Waals surface area contributed by atoms with Crippen LogP contribution in [-0.4, -0.2) is 74.1 Å². The van der Waals surface area contributed by atoms with Gasteiger partial charge in [0.05, 0.1) is 12.2 Å². The van der Waals surface area contributed by atoms with Gasteiger partial charge in [0, 0.05) is 67.6 Å². The molecule has 216 valence electrons. The third-order valence-corrected chi connectivity index (χ3v) is 8.48. The van der Waals surface area contributed by atoms with Crippen molar-refractivity contribution in [3.8, 4) is 0 Å². The molecule has 1 atom stereocenters. The van der Waals surface area contributed by atoms with Crippen molar-refractivity contribution in [2.75, 3.05) is 56.1 Å². The summed E-state index contributed by atoms with van der Waals surface area (Å²) >= 11 is 0. The van der Waals surface area contributed by atoms with Gasteiger partial charge < -0.3 is 25.3 Å². The highest BCUT2D eigenvalue weighted by molar-refractivity contribution is 5.97. The Kier molecular flexibility index (Phi) is 8.88. The zero-order valence-corrected chi connectivity index (χ0v) is 24.6. The summed E-state index contributed by atoms with van der Waals surface area (Å²) in [7, 11) is 1.93. The molecule has 2 aliphatic rings. The van der Waals surface area contributed by atoms with Crippen LogP contribution in [0.1, 0.15) is 47.1 Å². The molecule has 0 saturated carbocycles. The molecule has 3 heterocycles. The molecule has 2 aliphatic heterocycles. The summed E-state index contributed by atoms with van der Waals surface area (Å²) in [4.78, 5) is 37.2. The van der Waals surface area contributed by atoms with Gasteiger partial charge in [-0.25, -0.2) is 4.98 Å². The Bertz CT molecular complexity index is 1420. The van der Waals surface area contributed by atoms with Crippen LogP contribution in [0, 0.1) is 6.92 Å². The van der Waals surface area contributed by atoms with Gasteiger partial charge in [-0.05, 0) is 56.0 Å². The third-order valence-electron chi connectivity index (χ3n) is 8.48. The van der Waals surface area contributed by atoms with Crippen LogP contribution >= 0.6 is 0 Å². The van der Waals surface area contributed by atoms with E-state index in [4.69, 9.17) is 4.98 Å². The van der Waals surface area contributed by atoms with Crippen molar-refractivity contribution in [2.24, 2.45) is 0 Å². The van der Waals surface area contributed by atoms with Crippen molar-refractivity contribution in [3.63, 3.8) is 0 Å². The molecule has 1 aromatic heterocycles. The summed E-state index contributed by atoms with van der Waals surface area (Å²) in [5, 5.41) is 8.91. The molecule has 41 heavy (non-hydrogen) atoms. The number of carbonyl (C=O) groups is 2. The smallest absolute Gasteiger partial charge is 0.270 e. The van der Waals surface area contributed by atoms with Crippen LogP contribution in [0.3, 0.4) is 0 Å². The minimum absolute atomic E-state index is 0.0336. The molecule has 0 aliphatic carbocycles. The molecule has 3 aromatic rings. The van der Waals surface area contributed by atoms with Crippen molar-refractivity contribution >= 4 is 34.0 Å². The topological polar surface area (TPSA) is 80.8 Å². The lowest BCUT2D eigenvalue weighted by Crippen LogP contribution is -2.49. The molecule has 2 amide bonds. The number of piperazine rings is 1. The summed E-state index contributed by atoms with van der Waals surface area (Å²) in [6.45, 7) is 12.7. The molecule has 1 unspecified atom stereocenters. The maximum absolute atomic E-state index is 13.4. The summed E-state index contributed by atoms with van der Waals surface area (Å²) in [6, 6.07) is 15.1. The molecule has 8 nitrogen and oxygen atoms in total. The fourth-order valence-corrected chi connectivity index (χ4v) is 6.19. The molecule has 0 bridgehead atoms. The van der Waals surface area contributed by atoms with Crippen LogP contribution in [0.4, 0.5) is 11.4 Å². The third kappa shape index (κ3) is 6.07. The second-order valence-electron chi connectivity index (χ2n) is 11.1. The summed E-state index contributed by atoms with van der Waals surface area (Å²) < 4.78 is 0. The molecule has 5 rings (SSSR count). The van der Waals surface area contributed by atoms with Gasteiger partial charge in [0.25, 0.3) is 5.91 Å². The SMILES string of the molecule is C=CC(=O)N1CCN(c2cc(C(=O)NCC(CCC)NC)nc3c2CCN(c2cccc4cccc(C)c24)C3)CC1. The van der Waals surface area contributed by atoms with E-state index in [1.807, 2.05) is 18.0 Å². The van der Waals surface area contributed by atoms with E-state index in [0.29, 0.717) is 45.0 Å². The maximum atomic E-state index is 13.4. The van der Waals surface area contributed by atoms with E-state index in [-0.39, 0.29) is 17.9 Å². The van der Waals surface area contributed by atoms with Crippen LogP contribution < -0.4 is 20.4 Å². The average Bonchev–Trinajstić information content (AvgIpc) is 3.01. The number of rotatable bonds is 9. The second-order valence-corrected chi connectivity index (χ2v) is 11.1. The zero-order chi connectivity index (χ0) is 28.9. The van der Waals surface area contributed by atoms with Gasteiger partial charge in [-0.1, -0.05) is 50.3 Å². The number of aromatic nitrogens is 1. The van der Waals surface area contributed by atoms with Crippen molar-refractivity contribution in [1.82, 2.24) is 20.5 Å². The Labute approximate surface area is 243 Å². The van der Waals surface area contributed by atoms with Gasteiger partial charge in [-0.3, -0.25) is 9.59 Å². The van der Waals surface area contributed by atoms with E-state index in [1.54, 1.807) is 0 Å². The van der Waals surface area contributed by atoms with Gasteiger partial charge in [-0.15, -0.1) is 0 Å². The Morgan fingerprint density at radius 2 is 1.80 bits per heavy atom. The number of aryl methyl sites for hydroxylation is 1. The number of hydrogen-bond acceptors (Lipinski definition) is 6. The van der Waals surface area contributed by atoms with E-state index in [9.17, 15) is 9.59 Å². The normalized spacial score (nSPS) is 15.9. The quantitative estimate of drug-likeness (QED) is 0.389. The lowest BCUT2D eigenvalue weighted by Gasteiger charge is -2.39. The second kappa shape index (κ2) is 12.7. The number of carbonyl (C=O) groups excluding carboxylic acids is 2. The molecule has 1 saturated heterocycles. The van der Waals surface area contributed by atoms with Crippen LogP contribution in [0.15, 0.2) is 55.1 Å². The minimum Gasteiger partial charge on any atom is -0.368 e. The van der Waals surface area contributed by atoms with Crippen LogP contribution in [0.25, 0.3) is 10.8 Å². The minimum atomic E-state index is -0.149. The fourth-order valence-electron chi connectivity index (χ4n) is 6.19. The van der Waals surface area contributed by atoms with Crippen LogP contribution in [0.2, 0.25) is 0 Å². The first kappa shape index (κ1) is 28.6. The van der Waals surface area contributed by atoms with Gasteiger partial charge in [0.2, 0.25) is 5.91 Å². The predicted octanol–water partition coefficient (Wildman–Crippen LogP) is 4.06. The lowest BCUT2D eigenvalue weighted by atomic mass is 9.97. The van der Waals surface area contributed by atoms with Crippen molar-refractivity contribution < 1.29 is 9.59 Å². The molecule has 2 aromatic carbocycles. The Balaban J connectivity index is 1.47. The molecule has 1 fully saturated rings. The van der Waals surface area contributed by atoms with Crippen molar-refractivity contribution in [3.05, 3.63) is 77.6 Å². The first-order valence-electron chi connectivity index (χ1n) is 14.8. The Morgan fingerprint density at radius 3 is 2.51 bits per heavy atom. The number of likely N-dealkylation sites (N-methyl/N-ethyl adjacent to an activating group) is 1. The predicted molar refractivity (Wildman–Crippen MR) is 167 cm³/mol. The van der Waals surface area contributed by atoms with Gasteiger partial charge in [-0.2, -0.15) is 0 Å². The molecule has 0 spiro atoms. The lowest BCUT2D eigenvalue weighted by molar-refractivity contribution is -0.126. The van der Waals surface area contributed by atoms with Gasteiger partial charge in [0.1, 0.15) is 5.69 Å². The molecular formula is C33H42N6O2. The van der Waals surface area contributed by atoms with E-state index < -0.39 is 0 Å². The number of fused-ring (bicyclic) bond motifs is 2. The van der Waals surface area contributed by atoms with Gasteiger partial charge in [0.15, 0.2) is 0 Å². The maximum Gasteiger partial charge on any atom is 0.270 e. The molecule has 0 radical (unpaired) electrons. The first-order valence-corrected chi connectivity index (χ1v) is 14.8. The monoisotopic (exact) mass is 554 g/mol. The Morgan fingerprint density at radius 1 is 1.05 bits per heavy atom. The number of anilines is 2. The molecule has 2 N–H and O–H groups in total.